The van der Waals surface area contributed by atoms with Gasteiger partial charge in [-0.25, -0.2) is 4.98 Å². The topological polar surface area (TPSA) is 29.3 Å². The van der Waals surface area contributed by atoms with E-state index in [2.05, 4.69) is 170 Å². The molecule has 1 aliphatic rings. The van der Waals surface area contributed by atoms with E-state index in [1.54, 1.807) is 0 Å². The molecule has 1 aliphatic carbocycles. The number of thiophene rings is 1. The van der Waals surface area contributed by atoms with Gasteiger partial charge in [0.05, 0.1) is 0 Å². The van der Waals surface area contributed by atoms with E-state index < -0.39 is 0 Å². The first kappa shape index (κ1) is 29.0. The Morgan fingerprint density at radius 2 is 1.16 bits per heavy atom. The van der Waals surface area contributed by atoms with Gasteiger partial charge in [-0.15, -0.1) is 11.3 Å². The van der Waals surface area contributed by atoms with Crippen LogP contribution in [0.3, 0.4) is 0 Å². The summed E-state index contributed by atoms with van der Waals surface area (Å²) in [7, 11) is 0. The summed E-state index contributed by atoms with van der Waals surface area (Å²) in [5.41, 5.74) is 13.4. The Bertz CT molecular complexity index is 2740. The van der Waals surface area contributed by atoms with Gasteiger partial charge in [-0.2, -0.15) is 0 Å². The predicted molar refractivity (Wildman–Crippen MR) is 210 cm³/mol. The third kappa shape index (κ3) is 4.53. The van der Waals surface area contributed by atoms with Crippen molar-refractivity contribution in [1.29, 1.82) is 0 Å². The van der Waals surface area contributed by atoms with Crippen LogP contribution in [0, 0.1) is 0 Å². The van der Waals surface area contributed by atoms with E-state index in [0.29, 0.717) is 5.89 Å². The van der Waals surface area contributed by atoms with E-state index in [9.17, 15) is 0 Å². The van der Waals surface area contributed by atoms with Crippen molar-refractivity contribution in [3.8, 4) is 33.7 Å². The molecule has 0 radical (unpaired) electrons. The lowest BCUT2D eigenvalue weighted by Gasteiger charge is -2.28. The van der Waals surface area contributed by atoms with Crippen molar-refractivity contribution in [3.05, 3.63) is 169 Å². The van der Waals surface area contributed by atoms with Crippen LogP contribution in [0.5, 0.6) is 0 Å². The van der Waals surface area contributed by atoms with Gasteiger partial charge in [0.25, 0.3) is 0 Å². The second-order valence-electron chi connectivity index (χ2n) is 13.6. The maximum atomic E-state index is 6.49. The van der Waals surface area contributed by atoms with Gasteiger partial charge in [0.15, 0.2) is 5.58 Å². The summed E-state index contributed by atoms with van der Waals surface area (Å²) >= 11 is 1.84. The molecule has 9 aromatic rings. The summed E-state index contributed by atoms with van der Waals surface area (Å²) in [5.74, 6) is 0.618. The average Bonchev–Trinajstić information content (AvgIpc) is 3.82. The molecular formula is C46H32N2OS. The molecule has 7 aromatic carbocycles. The zero-order valence-corrected chi connectivity index (χ0v) is 28.5. The van der Waals surface area contributed by atoms with Gasteiger partial charge in [0.1, 0.15) is 5.52 Å². The normalized spacial score (nSPS) is 13.2. The Labute approximate surface area is 294 Å². The summed E-state index contributed by atoms with van der Waals surface area (Å²) in [4.78, 5) is 7.26. The molecule has 3 nitrogen and oxygen atoms in total. The first-order valence-corrected chi connectivity index (χ1v) is 17.9. The van der Waals surface area contributed by atoms with Gasteiger partial charge in [0, 0.05) is 54.3 Å². The molecule has 0 atom stereocenters. The molecule has 0 saturated carbocycles. The minimum atomic E-state index is -0.108. The van der Waals surface area contributed by atoms with Crippen molar-refractivity contribution in [2.75, 3.05) is 4.90 Å². The second kappa shape index (κ2) is 11.0. The van der Waals surface area contributed by atoms with Crippen LogP contribution >= 0.6 is 11.3 Å². The molecule has 0 saturated heterocycles. The van der Waals surface area contributed by atoms with Crippen molar-refractivity contribution in [2.45, 2.75) is 19.3 Å². The summed E-state index contributed by atoms with van der Waals surface area (Å²) in [6.45, 7) is 4.67. The minimum absolute atomic E-state index is 0.108. The lowest BCUT2D eigenvalue weighted by atomic mass is 9.82. The number of aromatic nitrogens is 1. The Kier molecular flexibility index (Phi) is 6.39. The summed E-state index contributed by atoms with van der Waals surface area (Å²) in [5, 5.41) is 2.59. The van der Waals surface area contributed by atoms with Crippen molar-refractivity contribution in [3.63, 3.8) is 0 Å². The van der Waals surface area contributed by atoms with Gasteiger partial charge in [0.2, 0.25) is 5.89 Å². The summed E-state index contributed by atoms with van der Waals surface area (Å²) in [6.07, 6.45) is 0. The molecule has 0 aliphatic heterocycles. The third-order valence-corrected chi connectivity index (χ3v) is 11.4. The van der Waals surface area contributed by atoms with Crippen LogP contribution in [0.4, 0.5) is 17.1 Å². The third-order valence-electron chi connectivity index (χ3n) is 10.3. The Balaban J connectivity index is 1.10. The van der Waals surface area contributed by atoms with E-state index in [4.69, 9.17) is 9.40 Å². The first-order valence-electron chi connectivity index (χ1n) is 17.0. The maximum Gasteiger partial charge on any atom is 0.227 e. The fourth-order valence-corrected chi connectivity index (χ4v) is 8.88. The molecule has 0 spiro atoms. The predicted octanol–water partition coefficient (Wildman–Crippen LogP) is 13.3. The van der Waals surface area contributed by atoms with Gasteiger partial charge >= 0.3 is 0 Å². The molecule has 2 heterocycles. The van der Waals surface area contributed by atoms with Gasteiger partial charge in [-0.3, -0.25) is 0 Å². The molecule has 0 amide bonds. The highest BCUT2D eigenvalue weighted by Crippen LogP contribution is 2.51. The first-order chi connectivity index (χ1) is 24.5. The smallest absolute Gasteiger partial charge is 0.227 e. The van der Waals surface area contributed by atoms with Crippen molar-refractivity contribution in [2.24, 2.45) is 0 Å². The van der Waals surface area contributed by atoms with Gasteiger partial charge in [-0.05, 0) is 88.0 Å². The fraction of sp³-hybridized carbons (Fsp3) is 0.0652. The fourth-order valence-electron chi connectivity index (χ4n) is 7.74. The summed E-state index contributed by atoms with van der Waals surface area (Å²) < 4.78 is 9.06. The van der Waals surface area contributed by atoms with Crippen molar-refractivity contribution < 1.29 is 4.42 Å². The molecule has 10 rings (SSSR count). The average molecular weight is 661 g/mol. The molecule has 2 aromatic heterocycles. The second-order valence-corrected chi connectivity index (χ2v) is 14.7. The summed E-state index contributed by atoms with van der Waals surface area (Å²) in [6, 6.07) is 56.5. The Morgan fingerprint density at radius 3 is 2.04 bits per heavy atom. The Morgan fingerprint density at radius 1 is 0.520 bits per heavy atom. The number of hydrogen-bond donors (Lipinski definition) is 0. The van der Waals surface area contributed by atoms with Crippen LogP contribution in [-0.4, -0.2) is 4.98 Å². The molecule has 0 N–H and O–H groups in total. The lowest BCUT2D eigenvalue weighted by Crippen LogP contribution is -2.16. The molecule has 0 bridgehead atoms. The van der Waals surface area contributed by atoms with Gasteiger partial charge in [-0.1, -0.05) is 111 Å². The number of benzene rings is 7. The number of oxazole rings is 1. The van der Waals surface area contributed by atoms with Crippen LogP contribution in [0.2, 0.25) is 0 Å². The lowest BCUT2D eigenvalue weighted by molar-refractivity contribution is 0.620. The Hall–Kier alpha value is -5.97. The molecule has 0 unspecified atom stereocenters. The highest BCUT2D eigenvalue weighted by molar-refractivity contribution is 7.25. The number of rotatable bonds is 5. The number of anilines is 3. The van der Waals surface area contributed by atoms with E-state index in [-0.39, 0.29) is 5.41 Å². The number of hydrogen-bond acceptors (Lipinski definition) is 4. The standard InChI is InChI=1S/C46H32N2OS/c1-46(2)39-14-8-6-12-35(39)36-23-20-32(26-40(36)46)48(34-21-24-38-37-13-7-9-15-43(37)50-44(38)28-34)33-22-25-41-42(27-33)49-45(47-41)31-18-16-30(17-19-31)29-10-4-3-5-11-29/h3-28H,1-2H3. The monoisotopic (exact) mass is 660 g/mol. The molecular weight excluding hydrogens is 629 g/mol. The zero-order valence-electron chi connectivity index (χ0n) is 27.7. The zero-order chi connectivity index (χ0) is 33.4. The van der Waals surface area contributed by atoms with Crippen molar-refractivity contribution in [1.82, 2.24) is 4.98 Å². The van der Waals surface area contributed by atoms with E-state index >= 15 is 0 Å². The highest BCUT2D eigenvalue weighted by Gasteiger charge is 2.35. The SMILES string of the molecule is CC1(C)c2ccccc2-c2ccc(N(c3ccc4nc(-c5ccc(-c6ccccc6)cc5)oc4c3)c3ccc4c(c3)sc3ccccc34)cc21. The highest BCUT2D eigenvalue weighted by atomic mass is 32.1. The van der Waals surface area contributed by atoms with E-state index in [0.717, 1.165) is 33.7 Å². The van der Waals surface area contributed by atoms with Crippen LogP contribution in [0.15, 0.2) is 162 Å². The quantitative estimate of drug-likeness (QED) is 0.184. The molecule has 50 heavy (non-hydrogen) atoms. The van der Waals surface area contributed by atoms with Gasteiger partial charge < -0.3 is 9.32 Å². The molecule has 4 heteroatoms. The van der Waals surface area contributed by atoms with E-state index in [1.165, 1.54) is 53.6 Å². The van der Waals surface area contributed by atoms with Crippen LogP contribution in [-0.2, 0) is 5.41 Å². The largest absolute Gasteiger partial charge is 0.436 e. The van der Waals surface area contributed by atoms with E-state index in [1.807, 2.05) is 17.4 Å². The van der Waals surface area contributed by atoms with Crippen LogP contribution in [0.1, 0.15) is 25.0 Å². The number of fused-ring (bicyclic) bond motifs is 7. The molecule has 238 valence electrons. The minimum Gasteiger partial charge on any atom is -0.436 e. The molecule has 0 fully saturated rings. The van der Waals surface area contributed by atoms with Crippen molar-refractivity contribution >= 4 is 59.7 Å². The number of nitrogens with zero attached hydrogens (tertiary/aromatic N) is 2. The van der Waals surface area contributed by atoms with Crippen LogP contribution < -0.4 is 4.90 Å². The maximum absolute atomic E-state index is 6.49. The van der Waals surface area contributed by atoms with Crippen LogP contribution in [0.25, 0.3) is 65.0 Å².